The SMILES string of the molecule is COc1ccc(S(=O)(=O)Cl)nc1Cl. The first-order valence-corrected chi connectivity index (χ1v) is 5.79. The molecule has 0 N–H and O–H groups in total. The standard InChI is InChI=1S/C6H5Cl2NO3S/c1-12-4-2-3-5(9-6(4)7)13(8,10)11/h2-3H,1H3. The minimum Gasteiger partial charge on any atom is -0.494 e. The van der Waals surface area contributed by atoms with E-state index in [0.29, 0.717) is 5.75 Å². The van der Waals surface area contributed by atoms with Crippen LogP contribution in [-0.2, 0) is 9.05 Å². The van der Waals surface area contributed by atoms with Gasteiger partial charge in [-0.25, -0.2) is 13.4 Å². The van der Waals surface area contributed by atoms with Gasteiger partial charge in [-0.1, -0.05) is 11.6 Å². The van der Waals surface area contributed by atoms with Crippen molar-refractivity contribution >= 4 is 31.3 Å². The lowest BCUT2D eigenvalue weighted by molar-refractivity contribution is 0.412. The van der Waals surface area contributed by atoms with Crippen LogP contribution in [-0.4, -0.2) is 20.5 Å². The number of methoxy groups -OCH3 is 1. The highest BCUT2D eigenvalue weighted by Gasteiger charge is 2.13. The van der Waals surface area contributed by atoms with E-state index in [1.807, 2.05) is 0 Å². The minimum absolute atomic E-state index is 0.0378. The van der Waals surface area contributed by atoms with Crippen LogP contribution in [0.1, 0.15) is 0 Å². The van der Waals surface area contributed by atoms with E-state index in [0.717, 1.165) is 0 Å². The Morgan fingerprint density at radius 1 is 1.46 bits per heavy atom. The highest BCUT2D eigenvalue weighted by atomic mass is 35.7. The second kappa shape index (κ2) is 3.69. The van der Waals surface area contributed by atoms with Gasteiger partial charge in [0.2, 0.25) is 0 Å². The van der Waals surface area contributed by atoms with Gasteiger partial charge in [-0.05, 0) is 12.1 Å². The fourth-order valence-corrected chi connectivity index (χ4v) is 1.66. The van der Waals surface area contributed by atoms with Crippen LogP contribution >= 0.6 is 22.3 Å². The van der Waals surface area contributed by atoms with Gasteiger partial charge in [0.25, 0.3) is 9.05 Å². The number of pyridine rings is 1. The number of hydrogen-bond acceptors (Lipinski definition) is 4. The zero-order valence-corrected chi connectivity index (χ0v) is 8.82. The quantitative estimate of drug-likeness (QED) is 0.584. The van der Waals surface area contributed by atoms with Crippen molar-refractivity contribution < 1.29 is 13.2 Å². The molecule has 0 atom stereocenters. The van der Waals surface area contributed by atoms with Crippen LogP contribution in [0.4, 0.5) is 0 Å². The molecule has 7 heteroatoms. The maximum atomic E-state index is 10.8. The van der Waals surface area contributed by atoms with E-state index in [9.17, 15) is 8.42 Å². The topological polar surface area (TPSA) is 56.3 Å². The third-order valence-corrected chi connectivity index (χ3v) is 2.73. The molecular weight excluding hydrogens is 237 g/mol. The molecule has 0 aliphatic heterocycles. The van der Waals surface area contributed by atoms with Crippen molar-refractivity contribution in [2.75, 3.05) is 7.11 Å². The summed E-state index contributed by atoms with van der Waals surface area (Å²) in [6.07, 6.45) is 0. The van der Waals surface area contributed by atoms with E-state index in [2.05, 4.69) is 4.98 Å². The number of nitrogens with zero attached hydrogens (tertiary/aromatic N) is 1. The molecule has 0 amide bonds. The van der Waals surface area contributed by atoms with Gasteiger partial charge in [0.1, 0.15) is 0 Å². The lowest BCUT2D eigenvalue weighted by Gasteiger charge is -2.01. The molecular formula is C6H5Cl2NO3S. The molecule has 0 saturated heterocycles. The summed E-state index contributed by atoms with van der Waals surface area (Å²) in [6, 6.07) is 2.59. The molecule has 0 saturated carbocycles. The molecule has 4 nitrogen and oxygen atoms in total. The molecule has 0 radical (unpaired) electrons. The summed E-state index contributed by atoms with van der Waals surface area (Å²) in [5, 5.41) is -0.329. The molecule has 13 heavy (non-hydrogen) atoms. The zero-order valence-electron chi connectivity index (χ0n) is 6.49. The molecule has 0 unspecified atom stereocenters. The van der Waals surface area contributed by atoms with Crippen LogP contribution < -0.4 is 4.74 Å². The number of rotatable bonds is 2. The van der Waals surface area contributed by atoms with Gasteiger partial charge in [-0.3, -0.25) is 0 Å². The van der Waals surface area contributed by atoms with E-state index in [1.54, 1.807) is 0 Å². The first kappa shape index (κ1) is 10.6. The Morgan fingerprint density at radius 2 is 2.08 bits per heavy atom. The Kier molecular flexibility index (Phi) is 3.00. The lowest BCUT2D eigenvalue weighted by Crippen LogP contribution is -1.96. The van der Waals surface area contributed by atoms with Gasteiger partial charge in [-0.2, -0.15) is 0 Å². The monoisotopic (exact) mass is 241 g/mol. The van der Waals surface area contributed by atoms with Gasteiger partial charge in [0.05, 0.1) is 7.11 Å². The largest absolute Gasteiger partial charge is 0.494 e. The molecule has 1 aromatic rings. The molecule has 72 valence electrons. The third kappa shape index (κ3) is 2.46. The van der Waals surface area contributed by atoms with Gasteiger partial charge in [0, 0.05) is 10.7 Å². The molecule has 0 fully saturated rings. The summed E-state index contributed by atoms with van der Waals surface area (Å²) in [5.41, 5.74) is 0. The van der Waals surface area contributed by atoms with Crippen molar-refractivity contribution in [2.45, 2.75) is 5.03 Å². The van der Waals surface area contributed by atoms with E-state index in [-0.39, 0.29) is 10.2 Å². The van der Waals surface area contributed by atoms with E-state index < -0.39 is 9.05 Å². The van der Waals surface area contributed by atoms with Crippen LogP contribution in [0.2, 0.25) is 5.15 Å². The molecule has 1 heterocycles. The maximum absolute atomic E-state index is 10.8. The van der Waals surface area contributed by atoms with Gasteiger partial charge < -0.3 is 4.74 Å². The van der Waals surface area contributed by atoms with Crippen molar-refractivity contribution in [2.24, 2.45) is 0 Å². The fourth-order valence-electron chi connectivity index (χ4n) is 0.693. The van der Waals surface area contributed by atoms with E-state index in [1.165, 1.54) is 19.2 Å². The number of hydrogen-bond donors (Lipinski definition) is 0. The summed E-state index contributed by atoms with van der Waals surface area (Å²) in [4.78, 5) is 3.54. The first-order valence-electron chi connectivity index (χ1n) is 3.10. The summed E-state index contributed by atoms with van der Waals surface area (Å²) >= 11 is 5.58. The van der Waals surface area contributed by atoms with Crippen molar-refractivity contribution in [1.29, 1.82) is 0 Å². The lowest BCUT2D eigenvalue weighted by atomic mass is 10.5. The molecule has 0 aliphatic rings. The normalized spacial score (nSPS) is 11.3. The van der Waals surface area contributed by atoms with Crippen molar-refractivity contribution in [3.05, 3.63) is 17.3 Å². The number of ether oxygens (including phenoxy) is 1. The summed E-state index contributed by atoms with van der Waals surface area (Å²) in [5.74, 6) is 0.297. The van der Waals surface area contributed by atoms with Crippen molar-refractivity contribution in [1.82, 2.24) is 4.98 Å². The molecule has 0 bridgehead atoms. The molecule has 1 aromatic heterocycles. The highest BCUT2D eigenvalue weighted by Crippen LogP contribution is 2.24. The second-order valence-corrected chi connectivity index (χ2v) is 4.95. The average molecular weight is 242 g/mol. The van der Waals surface area contributed by atoms with Gasteiger partial charge in [-0.15, -0.1) is 0 Å². The Labute approximate surface area is 84.9 Å². The molecule has 0 spiro atoms. The van der Waals surface area contributed by atoms with Crippen LogP contribution in [0.25, 0.3) is 0 Å². The first-order chi connectivity index (χ1) is 5.95. The smallest absolute Gasteiger partial charge is 0.278 e. The van der Waals surface area contributed by atoms with Crippen LogP contribution in [0.3, 0.4) is 0 Å². The maximum Gasteiger partial charge on any atom is 0.278 e. The van der Waals surface area contributed by atoms with Crippen LogP contribution in [0.5, 0.6) is 5.75 Å². The van der Waals surface area contributed by atoms with E-state index in [4.69, 9.17) is 27.0 Å². The Hall–Kier alpha value is -0.520. The van der Waals surface area contributed by atoms with Gasteiger partial charge in [0.15, 0.2) is 15.9 Å². The Balaban J connectivity index is 3.26. The summed E-state index contributed by atoms with van der Waals surface area (Å²) < 4.78 is 26.4. The fraction of sp³-hybridized carbons (Fsp3) is 0.167. The number of halogens is 2. The average Bonchev–Trinajstić information content (AvgIpc) is 2.02. The van der Waals surface area contributed by atoms with Crippen LogP contribution in [0.15, 0.2) is 17.2 Å². The van der Waals surface area contributed by atoms with Crippen molar-refractivity contribution in [3.63, 3.8) is 0 Å². The third-order valence-electron chi connectivity index (χ3n) is 1.26. The Bertz CT molecular complexity index is 418. The minimum atomic E-state index is -3.83. The number of aromatic nitrogens is 1. The second-order valence-electron chi connectivity index (χ2n) is 2.08. The van der Waals surface area contributed by atoms with Gasteiger partial charge >= 0.3 is 0 Å². The summed E-state index contributed by atoms with van der Waals surface area (Å²) in [7, 11) is 2.61. The zero-order chi connectivity index (χ0) is 10.1. The molecule has 1 rings (SSSR count). The van der Waals surface area contributed by atoms with Crippen LogP contribution in [0, 0.1) is 0 Å². The van der Waals surface area contributed by atoms with Crippen molar-refractivity contribution in [3.8, 4) is 5.75 Å². The Morgan fingerprint density at radius 3 is 2.46 bits per heavy atom. The highest BCUT2D eigenvalue weighted by molar-refractivity contribution is 8.13. The molecule has 0 aromatic carbocycles. The molecule has 0 aliphatic carbocycles. The summed E-state index contributed by atoms with van der Waals surface area (Å²) in [6.45, 7) is 0. The van der Waals surface area contributed by atoms with E-state index >= 15 is 0 Å². The predicted octanol–water partition coefficient (Wildman–Crippen LogP) is 1.67. The predicted molar refractivity (Wildman–Crippen MR) is 48.8 cm³/mol.